The number of halogens is 3. The smallest absolute Gasteiger partial charge is 0.347 e. The molecule has 0 heterocycles. The van der Waals surface area contributed by atoms with Crippen LogP contribution in [0.25, 0.3) is 0 Å². The van der Waals surface area contributed by atoms with Crippen LogP contribution in [0, 0.1) is 5.92 Å². The first-order chi connectivity index (χ1) is 7.76. The molecule has 0 radical (unpaired) electrons. The Morgan fingerprint density at radius 2 is 1.82 bits per heavy atom. The van der Waals surface area contributed by atoms with Crippen molar-refractivity contribution in [2.24, 2.45) is 5.92 Å². The second-order valence-corrected chi connectivity index (χ2v) is 3.57. The van der Waals surface area contributed by atoms with Crippen LogP contribution in [0.4, 0.5) is 13.2 Å². The molecule has 1 unspecified atom stereocenters. The monoisotopic (exact) mass is 255 g/mol. The van der Waals surface area contributed by atoms with Crippen molar-refractivity contribution in [3.05, 3.63) is 0 Å². The van der Waals surface area contributed by atoms with Crippen LogP contribution < -0.4 is 16.0 Å². The number of carbonyl (C=O) groups is 2. The van der Waals surface area contributed by atoms with Crippen LogP contribution in [-0.4, -0.2) is 44.7 Å². The van der Waals surface area contributed by atoms with Gasteiger partial charge in [0.05, 0.1) is 6.54 Å². The highest BCUT2D eigenvalue weighted by Crippen LogP contribution is 2.11. The lowest BCUT2D eigenvalue weighted by Crippen LogP contribution is -2.43. The third-order valence-electron chi connectivity index (χ3n) is 1.87. The number of hydrogen-bond acceptors (Lipinski definition) is 3. The quantitative estimate of drug-likeness (QED) is 0.607. The molecule has 0 bridgehead atoms. The highest BCUT2D eigenvalue weighted by molar-refractivity contribution is 5.85. The second kappa shape index (κ2) is 7.10. The third kappa shape index (κ3) is 8.49. The van der Waals surface area contributed by atoms with Gasteiger partial charge < -0.3 is 16.0 Å². The average Bonchev–Trinajstić information content (AvgIpc) is 2.22. The largest absolute Gasteiger partial charge is 0.405 e. The molecule has 0 saturated heterocycles. The average molecular weight is 255 g/mol. The summed E-state index contributed by atoms with van der Waals surface area (Å²) in [5.74, 6) is -1.61. The van der Waals surface area contributed by atoms with E-state index in [9.17, 15) is 22.8 Å². The van der Waals surface area contributed by atoms with Gasteiger partial charge in [0.25, 0.3) is 0 Å². The summed E-state index contributed by atoms with van der Waals surface area (Å²) in [5.41, 5.74) is 0. The van der Waals surface area contributed by atoms with Crippen LogP contribution in [-0.2, 0) is 9.59 Å². The number of alkyl halides is 3. The summed E-state index contributed by atoms with van der Waals surface area (Å²) in [5, 5.41) is 6.67. The standard InChI is InChI=1S/C9H16F3N3O2/c1-6(3-13-2)8(17)14-4-7(16)15-5-9(10,11)12/h6,13H,3-5H2,1-2H3,(H,14,17)(H,15,16). The van der Waals surface area contributed by atoms with Crippen LogP contribution in [0.1, 0.15) is 6.92 Å². The van der Waals surface area contributed by atoms with Crippen molar-refractivity contribution in [2.75, 3.05) is 26.7 Å². The summed E-state index contributed by atoms with van der Waals surface area (Å²) < 4.78 is 35.2. The minimum atomic E-state index is -4.45. The molecular formula is C9H16F3N3O2. The van der Waals surface area contributed by atoms with E-state index in [1.807, 2.05) is 0 Å². The van der Waals surface area contributed by atoms with Gasteiger partial charge in [-0.05, 0) is 7.05 Å². The minimum absolute atomic E-state index is 0.351. The van der Waals surface area contributed by atoms with E-state index in [-0.39, 0.29) is 11.8 Å². The molecular weight excluding hydrogens is 239 g/mol. The predicted molar refractivity (Wildman–Crippen MR) is 55.2 cm³/mol. The number of rotatable bonds is 6. The van der Waals surface area contributed by atoms with E-state index in [0.717, 1.165) is 0 Å². The van der Waals surface area contributed by atoms with Gasteiger partial charge in [-0.2, -0.15) is 13.2 Å². The fourth-order valence-electron chi connectivity index (χ4n) is 1.00. The lowest BCUT2D eigenvalue weighted by Gasteiger charge is -2.12. The third-order valence-corrected chi connectivity index (χ3v) is 1.87. The molecule has 0 aliphatic rings. The molecule has 0 fully saturated rings. The van der Waals surface area contributed by atoms with Gasteiger partial charge in [0.15, 0.2) is 0 Å². The van der Waals surface area contributed by atoms with Crippen molar-refractivity contribution in [3.8, 4) is 0 Å². The van der Waals surface area contributed by atoms with Crippen molar-refractivity contribution in [1.82, 2.24) is 16.0 Å². The molecule has 2 amide bonds. The van der Waals surface area contributed by atoms with Gasteiger partial charge in [0, 0.05) is 12.5 Å². The Hall–Kier alpha value is -1.31. The number of amides is 2. The number of hydrogen-bond donors (Lipinski definition) is 3. The van der Waals surface area contributed by atoms with Crippen LogP contribution in [0.5, 0.6) is 0 Å². The fourth-order valence-corrected chi connectivity index (χ4v) is 1.00. The first kappa shape index (κ1) is 15.7. The molecule has 5 nitrogen and oxygen atoms in total. The fraction of sp³-hybridized carbons (Fsp3) is 0.778. The van der Waals surface area contributed by atoms with E-state index in [4.69, 9.17) is 0 Å². The maximum atomic E-state index is 11.7. The first-order valence-corrected chi connectivity index (χ1v) is 5.02. The van der Waals surface area contributed by atoms with Crippen molar-refractivity contribution < 1.29 is 22.8 Å². The van der Waals surface area contributed by atoms with Gasteiger partial charge in [-0.25, -0.2) is 0 Å². The number of nitrogens with one attached hydrogen (secondary N) is 3. The molecule has 0 aliphatic carbocycles. The van der Waals surface area contributed by atoms with Gasteiger partial charge in [0.2, 0.25) is 11.8 Å². The van der Waals surface area contributed by atoms with Crippen LogP contribution in [0.3, 0.4) is 0 Å². The Kier molecular flexibility index (Phi) is 6.55. The molecule has 3 N–H and O–H groups in total. The molecule has 8 heteroatoms. The van der Waals surface area contributed by atoms with E-state index >= 15 is 0 Å². The zero-order valence-electron chi connectivity index (χ0n) is 9.65. The Morgan fingerprint density at radius 3 is 2.29 bits per heavy atom. The molecule has 0 aliphatic heterocycles. The summed E-state index contributed by atoms with van der Waals surface area (Å²) in [7, 11) is 1.67. The summed E-state index contributed by atoms with van der Waals surface area (Å²) in [4.78, 5) is 22.2. The lowest BCUT2D eigenvalue weighted by atomic mass is 10.1. The van der Waals surface area contributed by atoms with Crippen molar-refractivity contribution >= 4 is 11.8 Å². The van der Waals surface area contributed by atoms with Gasteiger partial charge >= 0.3 is 6.18 Å². The Balaban J connectivity index is 3.81. The summed E-state index contributed by atoms with van der Waals surface area (Å²) in [6, 6.07) is 0. The highest BCUT2D eigenvalue weighted by Gasteiger charge is 2.27. The molecule has 0 aromatic rings. The van der Waals surface area contributed by atoms with E-state index in [2.05, 4.69) is 10.6 Å². The molecule has 1 atom stereocenters. The van der Waals surface area contributed by atoms with Crippen LogP contribution in [0.15, 0.2) is 0 Å². The van der Waals surface area contributed by atoms with Gasteiger partial charge in [-0.15, -0.1) is 0 Å². The van der Waals surface area contributed by atoms with Crippen molar-refractivity contribution in [2.45, 2.75) is 13.1 Å². The van der Waals surface area contributed by atoms with Crippen molar-refractivity contribution in [1.29, 1.82) is 0 Å². The Labute approximate surface area is 97.1 Å². The molecule has 0 rings (SSSR count). The van der Waals surface area contributed by atoms with Crippen LogP contribution >= 0.6 is 0 Å². The zero-order valence-corrected chi connectivity index (χ0v) is 9.65. The molecule has 100 valence electrons. The maximum Gasteiger partial charge on any atom is 0.405 e. The summed E-state index contributed by atoms with van der Waals surface area (Å²) >= 11 is 0. The summed E-state index contributed by atoms with van der Waals surface area (Å²) in [6.45, 7) is 0.214. The van der Waals surface area contributed by atoms with Gasteiger partial charge in [0.1, 0.15) is 6.54 Å². The summed E-state index contributed by atoms with van der Waals surface area (Å²) in [6.07, 6.45) is -4.45. The Morgan fingerprint density at radius 1 is 1.24 bits per heavy atom. The second-order valence-electron chi connectivity index (χ2n) is 3.57. The van der Waals surface area contributed by atoms with Crippen molar-refractivity contribution in [3.63, 3.8) is 0 Å². The minimum Gasteiger partial charge on any atom is -0.347 e. The predicted octanol–water partition coefficient (Wildman–Crippen LogP) is -0.363. The van der Waals surface area contributed by atoms with E-state index in [1.165, 1.54) is 0 Å². The topological polar surface area (TPSA) is 70.2 Å². The molecule has 0 aromatic carbocycles. The molecule has 17 heavy (non-hydrogen) atoms. The maximum absolute atomic E-state index is 11.7. The molecule has 0 aromatic heterocycles. The highest BCUT2D eigenvalue weighted by atomic mass is 19.4. The SMILES string of the molecule is CNCC(C)C(=O)NCC(=O)NCC(F)(F)F. The van der Waals surface area contributed by atoms with Gasteiger partial charge in [-0.3, -0.25) is 9.59 Å². The van der Waals surface area contributed by atoms with Crippen LogP contribution in [0.2, 0.25) is 0 Å². The molecule has 0 spiro atoms. The van der Waals surface area contributed by atoms with E-state index in [1.54, 1.807) is 19.3 Å². The molecule has 0 saturated carbocycles. The van der Waals surface area contributed by atoms with E-state index < -0.39 is 25.2 Å². The normalized spacial score (nSPS) is 13.0. The first-order valence-electron chi connectivity index (χ1n) is 5.02. The van der Waals surface area contributed by atoms with E-state index in [0.29, 0.717) is 6.54 Å². The Bertz CT molecular complexity index is 269. The lowest BCUT2D eigenvalue weighted by molar-refractivity contribution is -0.138. The number of carbonyl (C=O) groups excluding carboxylic acids is 2. The zero-order chi connectivity index (χ0) is 13.5. The van der Waals surface area contributed by atoms with Gasteiger partial charge in [-0.1, -0.05) is 6.92 Å².